The van der Waals surface area contributed by atoms with E-state index in [1.165, 1.54) is 21.5 Å². The third kappa shape index (κ3) is 6.55. The van der Waals surface area contributed by atoms with Gasteiger partial charge in [-0.25, -0.2) is 0 Å². The van der Waals surface area contributed by atoms with Crippen LogP contribution < -0.4 is 25.9 Å². The molecule has 0 radical (unpaired) electrons. The molecule has 4 heterocycles. The van der Waals surface area contributed by atoms with Crippen molar-refractivity contribution in [3.63, 3.8) is 0 Å². The van der Waals surface area contributed by atoms with E-state index in [2.05, 4.69) is 237 Å². The van der Waals surface area contributed by atoms with Crippen molar-refractivity contribution in [2.45, 2.75) is 0 Å². The molecule has 15 rings (SSSR count). The highest BCUT2D eigenvalue weighted by Crippen LogP contribution is 2.44. The van der Waals surface area contributed by atoms with Gasteiger partial charge in [-0.2, -0.15) is 5.26 Å². The van der Waals surface area contributed by atoms with Crippen LogP contribution in [0.3, 0.4) is 0 Å². The second-order valence-electron chi connectivity index (χ2n) is 19.2. The lowest BCUT2D eigenvalue weighted by Crippen LogP contribution is -2.57. The quantitative estimate of drug-likeness (QED) is 0.156. The molecule has 2 aromatic heterocycles. The van der Waals surface area contributed by atoms with Crippen LogP contribution >= 0.6 is 15.9 Å². The summed E-state index contributed by atoms with van der Waals surface area (Å²) >= 11 is 3.85. The van der Waals surface area contributed by atoms with Gasteiger partial charge < -0.3 is 18.6 Å². The normalized spacial score (nSPS) is 12.3. The smallest absolute Gasteiger partial charge is 0.260 e. The third-order valence-corrected chi connectivity index (χ3v) is 15.6. The number of rotatable bonds is 6. The summed E-state index contributed by atoms with van der Waals surface area (Å²) in [5, 5.41) is 14.5. The summed E-state index contributed by atoms with van der Waals surface area (Å²) in [6, 6.07) is 86.2. The number of aromatic nitrogens is 2. The lowest BCUT2D eigenvalue weighted by Gasteiger charge is -2.34. The Morgan fingerprint density at radius 2 is 0.784 bits per heavy atom. The Kier molecular flexibility index (Phi) is 9.51. The van der Waals surface area contributed by atoms with Gasteiger partial charge in [-0.3, -0.25) is 0 Å². The van der Waals surface area contributed by atoms with Gasteiger partial charge in [0, 0.05) is 42.6 Å². The molecule has 344 valence electrons. The molecule has 0 saturated carbocycles. The number of nitriles is 1. The molecule has 2 aliphatic rings. The SMILES string of the molecule is N#Cc1ccc(-c2ccc(-n3c4ccccc4c4ccccc43)c(-c3ccc4c(c3)Oc3cc(-c5ccccc5)cc5c3B4c3ccc(-c4cc(Br)ccc4-n4c6ccccc6c6ccccc64)cc3O5)c2)cc1. The van der Waals surface area contributed by atoms with Crippen molar-refractivity contribution in [1.29, 1.82) is 5.26 Å². The number of halogens is 1. The van der Waals surface area contributed by atoms with E-state index in [1.807, 2.05) is 30.3 Å². The van der Waals surface area contributed by atoms with Gasteiger partial charge >= 0.3 is 0 Å². The van der Waals surface area contributed by atoms with E-state index in [9.17, 15) is 5.26 Å². The molecule has 11 aromatic carbocycles. The average molecular weight is 1010 g/mol. The van der Waals surface area contributed by atoms with Crippen LogP contribution in [0.1, 0.15) is 5.56 Å². The van der Waals surface area contributed by atoms with E-state index in [-0.39, 0.29) is 6.71 Å². The van der Waals surface area contributed by atoms with Crippen molar-refractivity contribution in [3.8, 4) is 84.9 Å². The zero-order chi connectivity index (χ0) is 49.0. The van der Waals surface area contributed by atoms with Gasteiger partial charge in [-0.15, -0.1) is 0 Å². The van der Waals surface area contributed by atoms with Gasteiger partial charge in [0.2, 0.25) is 0 Å². The fourth-order valence-corrected chi connectivity index (χ4v) is 12.2. The molecule has 0 bridgehead atoms. The fraction of sp³-hybridized carbons (Fsp3) is 0. The van der Waals surface area contributed by atoms with Crippen molar-refractivity contribution in [2.75, 3.05) is 0 Å². The monoisotopic (exact) mass is 1010 g/mol. The van der Waals surface area contributed by atoms with Crippen LogP contribution in [0.5, 0.6) is 23.0 Å². The maximum atomic E-state index is 9.64. The highest BCUT2D eigenvalue weighted by molar-refractivity contribution is 9.10. The number of ether oxygens (including phenoxy) is 2. The van der Waals surface area contributed by atoms with E-state index >= 15 is 0 Å². The maximum Gasteiger partial charge on any atom is 0.260 e. The first-order chi connectivity index (χ1) is 36.5. The zero-order valence-electron chi connectivity index (χ0n) is 39.6. The number of para-hydroxylation sites is 4. The molecule has 2 aliphatic heterocycles. The average Bonchev–Trinajstić information content (AvgIpc) is 3.98. The molecule has 0 N–H and O–H groups in total. The predicted octanol–water partition coefficient (Wildman–Crippen LogP) is 15.9. The second kappa shape index (κ2) is 16.6. The summed E-state index contributed by atoms with van der Waals surface area (Å²) in [6.07, 6.45) is 0. The van der Waals surface area contributed by atoms with E-state index in [0.717, 1.165) is 122 Å². The van der Waals surface area contributed by atoms with Gasteiger partial charge in [0.05, 0.1) is 45.1 Å². The van der Waals surface area contributed by atoms with Crippen LogP contribution in [0.25, 0.3) is 99.5 Å². The first-order valence-electron chi connectivity index (χ1n) is 24.8. The highest BCUT2D eigenvalue weighted by Gasteiger charge is 2.41. The molecular weight excluding hydrogens is 969 g/mol. The van der Waals surface area contributed by atoms with Gasteiger partial charge in [-0.05, 0) is 135 Å². The summed E-state index contributed by atoms with van der Waals surface area (Å²) in [4.78, 5) is 0. The van der Waals surface area contributed by atoms with Crippen LogP contribution in [0.2, 0.25) is 0 Å². The van der Waals surface area contributed by atoms with E-state index in [1.54, 1.807) is 0 Å². The molecule has 0 spiro atoms. The Bertz CT molecular complexity index is 4420. The van der Waals surface area contributed by atoms with Crippen LogP contribution in [0.15, 0.2) is 241 Å². The molecular formula is C67H39BBrN3O2. The molecule has 7 heteroatoms. The fourth-order valence-electron chi connectivity index (χ4n) is 11.8. The molecule has 0 amide bonds. The molecule has 0 fully saturated rings. The van der Waals surface area contributed by atoms with Crippen LogP contribution in [-0.2, 0) is 0 Å². The Morgan fingerprint density at radius 3 is 1.30 bits per heavy atom. The molecule has 5 nitrogen and oxygen atoms in total. The molecule has 13 aromatic rings. The maximum absolute atomic E-state index is 9.64. The minimum Gasteiger partial charge on any atom is -0.458 e. The summed E-state index contributed by atoms with van der Waals surface area (Å²) in [5.41, 5.74) is 18.9. The Hall–Kier alpha value is -9.35. The van der Waals surface area contributed by atoms with E-state index < -0.39 is 0 Å². The summed E-state index contributed by atoms with van der Waals surface area (Å²) in [6.45, 7) is -0.165. The first kappa shape index (κ1) is 42.3. The molecule has 0 aliphatic carbocycles. The Morgan fingerprint density at radius 1 is 0.365 bits per heavy atom. The number of hydrogen-bond donors (Lipinski definition) is 0. The van der Waals surface area contributed by atoms with Gasteiger partial charge in [0.1, 0.15) is 23.0 Å². The van der Waals surface area contributed by atoms with Gasteiger partial charge in [-0.1, -0.05) is 162 Å². The number of benzene rings is 11. The van der Waals surface area contributed by atoms with E-state index in [0.29, 0.717) is 5.56 Å². The predicted molar refractivity (Wildman–Crippen MR) is 307 cm³/mol. The van der Waals surface area contributed by atoms with Gasteiger partial charge in [0.15, 0.2) is 0 Å². The van der Waals surface area contributed by atoms with Crippen molar-refractivity contribution in [1.82, 2.24) is 9.13 Å². The van der Waals surface area contributed by atoms with Crippen molar-refractivity contribution in [2.24, 2.45) is 0 Å². The standard InChI is InChI=1S/C67H39BBrN3O2/c69-48-29-33-62(72-59-20-10-6-16-51(59)52-17-7-11-21-60(52)72)54(39-48)46-27-31-56-64(36-46)74-66-38-47(42-12-2-1-3-13-42)37-65-67(66)68(56)55-30-26-45(35-63(55)73-65)53-34-44(43-24-22-41(40-70)23-25-43)28-32-61(53)71-57-18-8-4-14-49(57)50-15-5-9-19-58(50)71/h1-39H. The Labute approximate surface area is 435 Å². The minimum absolute atomic E-state index is 0.165. The summed E-state index contributed by atoms with van der Waals surface area (Å²) in [7, 11) is 0. The lowest BCUT2D eigenvalue weighted by atomic mass is 9.34. The molecule has 0 atom stereocenters. The molecule has 0 unspecified atom stereocenters. The van der Waals surface area contributed by atoms with Crippen molar-refractivity contribution >= 4 is 82.6 Å². The van der Waals surface area contributed by atoms with E-state index in [4.69, 9.17) is 9.47 Å². The topological polar surface area (TPSA) is 52.1 Å². The van der Waals surface area contributed by atoms with Crippen LogP contribution in [-0.4, -0.2) is 15.8 Å². The second-order valence-corrected chi connectivity index (χ2v) is 20.1. The van der Waals surface area contributed by atoms with Crippen LogP contribution in [0, 0.1) is 11.3 Å². The zero-order valence-corrected chi connectivity index (χ0v) is 41.2. The molecule has 74 heavy (non-hydrogen) atoms. The minimum atomic E-state index is -0.165. The number of nitrogens with zero attached hydrogens (tertiary/aromatic N) is 3. The largest absolute Gasteiger partial charge is 0.458 e. The third-order valence-electron chi connectivity index (χ3n) is 15.2. The Balaban J connectivity index is 0.922. The summed E-state index contributed by atoms with van der Waals surface area (Å²) in [5.74, 6) is 3.17. The summed E-state index contributed by atoms with van der Waals surface area (Å²) < 4.78 is 20.1. The van der Waals surface area contributed by atoms with Crippen LogP contribution in [0.4, 0.5) is 0 Å². The first-order valence-corrected chi connectivity index (χ1v) is 25.6. The van der Waals surface area contributed by atoms with Gasteiger partial charge in [0.25, 0.3) is 6.71 Å². The lowest BCUT2D eigenvalue weighted by molar-refractivity contribution is 0.465. The van der Waals surface area contributed by atoms with Crippen molar-refractivity contribution in [3.05, 3.63) is 247 Å². The highest BCUT2D eigenvalue weighted by atomic mass is 79.9. The molecule has 0 saturated heterocycles. The number of fused-ring (bicyclic) bond motifs is 10. The van der Waals surface area contributed by atoms with Crippen molar-refractivity contribution < 1.29 is 9.47 Å². The number of hydrogen-bond acceptors (Lipinski definition) is 3.